The fraction of sp³-hybridized carbons (Fsp3) is 0.353. The van der Waals surface area contributed by atoms with Gasteiger partial charge in [-0.3, -0.25) is 4.79 Å². The first-order chi connectivity index (χ1) is 10.2. The van der Waals surface area contributed by atoms with Gasteiger partial charge in [-0.25, -0.2) is 0 Å². The van der Waals surface area contributed by atoms with Crippen molar-refractivity contribution in [3.8, 4) is 5.75 Å². The number of hydrogen-bond acceptors (Lipinski definition) is 4. The summed E-state index contributed by atoms with van der Waals surface area (Å²) < 4.78 is 10.8. The number of hydrogen-bond donors (Lipinski definition) is 0. The van der Waals surface area contributed by atoms with Gasteiger partial charge in [0, 0.05) is 6.04 Å². The molecule has 0 unspecified atom stereocenters. The minimum Gasteiger partial charge on any atom is -0.496 e. The van der Waals surface area contributed by atoms with Crippen LogP contribution in [0.1, 0.15) is 35.9 Å². The van der Waals surface area contributed by atoms with Crippen LogP contribution in [0.4, 0.5) is 5.69 Å². The van der Waals surface area contributed by atoms with Crippen molar-refractivity contribution in [1.29, 1.82) is 0 Å². The van der Waals surface area contributed by atoms with Crippen LogP contribution in [0.15, 0.2) is 41.0 Å². The van der Waals surface area contributed by atoms with E-state index in [4.69, 9.17) is 9.15 Å². The van der Waals surface area contributed by atoms with Crippen molar-refractivity contribution in [3.63, 3.8) is 0 Å². The van der Waals surface area contributed by atoms with E-state index in [9.17, 15) is 4.79 Å². The topological polar surface area (TPSA) is 42.7 Å². The van der Waals surface area contributed by atoms with Gasteiger partial charge in [-0.15, -0.1) is 0 Å². The van der Waals surface area contributed by atoms with Crippen molar-refractivity contribution in [2.24, 2.45) is 0 Å². The van der Waals surface area contributed by atoms with E-state index in [1.165, 1.54) is 0 Å². The molecule has 1 aromatic carbocycles. The van der Waals surface area contributed by atoms with Crippen LogP contribution in [0.25, 0.3) is 0 Å². The molecule has 0 atom stereocenters. The predicted octanol–water partition coefficient (Wildman–Crippen LogP) is 3.66. The monoisotopic (exact) mass is 285 g/mol. The molecule has 0 spiro atoms. The summed E-state index contributed by atoms with van der Waals surface area (Å²) in [6.45, 7) is 2.25. The molecule has 0 aliphatic heterocycles. The minimum atomic E-state index is 0.0209. The SMILES string of the molecule is COc1cccc(N(Cc2ccco2)C2CC2)c1C(C)=O. The molecule has 2 aromatic rings. The highest BCUT2D eigenvalue weighted by molar-refractivity contribution is 6.02. The summed E-state index contributed by atoms with van der Waals surface area (Å²) in [5.41, 5.74) is 1.58. The highest BCUT2D eigenvalue weighted by Crippen LogP contribution is 2.38. The van der Waals surface area contributed by atoms with E-state index in [-0.39, 0.29) is 5.78 Å². The maximum Gasteiger partial charge on any atom is 0.165 e. The number of Topliss-reactive ketones (excluding diaryl/α,β-unsaturated/α-hetero) is 1. The number of methoxy groups -OCH3 is 1. The van der Waals surface area contributed by atoms with Gasteiger partial charge in [0.25, 0.3) is 0 Å². The van der Waals surface area contributed by atoms with Crippen LogP contribution < -0.4 is 9.64 Å². The summed E-state index contributed by atoms with van der Waals surface area (Å²) in [6.07, 6.45) is 3.97. The smallest absolute Gasteiger partial charge is 0.165 e. The molecule has 0 amide bonds. The fourth-order valence-electron chi connectivity index (χ4n) is 2.65. The zero-order valence-corrected chi connectivity index (χ0v) is 12.3. The Labute approximate surface area is 124 Å². The number of ether oxygens (including phenoxy) is 1. The molecule has 1 aliphatic rings. The summed E-state index contributed by atoms with van der Waals surface area (Å²) in [7, 11) is 1.60. The second-order valence-electron chi connectivity index (χ2n) is 5.35. The van der Waals surface area contributed by atoms with E-state index in [2.05, 4.69) is 4.90 Å². The molecule has 110 valence electrons. The van der Waals surface area contributed by atoms with Crippen LogP contribution in [0.3, 0.4) is 0 Å². The van der Waals surface area contributed by atoms with Crippen molar-refractivity contribution in [2.45, 2.75) is 32.4 Å². The third-order valence-electron chi connectivity index (χ3n) is 3.78. The molecule has 4 heteroatoms. The van der Waals surface area contributed by atoms with Crippen LogP contribution in [0.5, 0.6) is 5.75 Å². The Hall–Kier alpha value is -2.23. The molecule has 3 rings (SSSR count). The minimum absolute atomic E-state index is 0.0209. The lowest BCUT2D eigenvalue weighted by molar-refractivity contribution is 0.101. The van der Waals surface area contributed by atoms with E-state index in [1.54, 1.807) is 20.3 Å². The van der Waals surface area contributed by atoms with Gasteiger partial charge in [-0.1, -0.05) is 6.07 Å². The molecule has 1 heterocycles. The predicted molar refractivity (Wildman–Crippen MR) is 80.9 cm³/mol. The molecule has 1 saturated carbocycles. The summed E-state index contributed by atoms with van der Waals surface area (Å²) in [5, 5.41) is 0. The Morgan fingerprint density at radius 1 is 1.33 bits per heavy atom. The third-order valence-corrected chi connectivity index (χ3v) is 3.78. The second kappa shape index (κ2) is 5.64. The van der Waals surface area contributed by atoms with Crippen LogP contribution >= 0.6 is 0 Å². The number of anilines is 1. The zero-order chi connectivity index (χ0) is 14.8. The van der Waals surface area contributed by atoms with E-state index >= 15 is 0 Å². The molecule has 4 nitrogen and oxygen atoms in total. The first-order valence-corrected chi connectivity index (χ1v) is 7.17. The lowest BCUT2D eigenvalue weighted by Crippen LogP contribution is -2.26. The molecule has 0 radical (unpaired) electrons. The molecular formula is C17H19NO3. The maximum absolute atomic E-state index is 12.1. The number of furan rings is 1. The van der Waals surface area contributed by atoms with Crippen LogP contribution in [-0.2, 0) is 6.54 Å². The summed E-state index contributed by atoms with van der Waals surface area (Å²) in [4.78, 5) is 14.3. The van der Waals surface area contributed by atoms with Gasteiger partial charge in [0.1, 0.15) is 11.5 Å². The average molecular weight is 285 g/mol. The molecule has 0 saturated heterocycles. The molecule has 1 aromatic heterocycles. The van der Waals surface area contributed by atoms with Crippen LogP contribution in [-0.4, -0.2) is 18.9 Å². The number of benzene rings is 1. The molecule has 0 N–H and O–H groups in total. The van der Waals surface area contributed by atoms with Crippen molar-refractivity contribution in [2.75, 3.05) is 12.0 Å². The Kier molecular flexibility index (Phi) is 3.69. The molecule has 21 heavy (non-hydrogen) atoms. The lowest BCUT2D eigenvalue weighted by atomic mass is 10.1. The van der Waals surface area contributed by atoms with Gasteiger partial charge in [0.2, 0.25) is 0 Å². The summed E-state index contributed by atoms with van der Waals surface area (Å²) in [5.74, 6) is 1.55. The van der Waals surface area contributed by atoms with E-state index in [1.807, 2.05) is 30.3 Å². The van der Waals surface area contributed by atoms with Crippen molar-refractivity contribution >= 4 is 11.5 Å². The van der Waals surface area contributed by atoms with Gasteiger partial charge < -0.3 is 14.1 Å². The average Bonchev–Trinajstić information content (AvgIpc) is 3.20. The van der Waals surface area contributed by atoms with Crippen LogP contribution in [0, 0.1) is 0 Å². The van der Waals surface area contributed by atoms with E-state index in [0.717, 1.165) is 24.3 Å². The van der Waals surface area contributed by atoms with Gasteiger partial charge in [-0.2, -0.15) is 0 Å². The normalized spacial score (nSPS) is 14.0. The van der Waals surface area contributed by atoms with Crippen molar-refractivity contribution in [1.82, 2.24) is 0 Å². The first-order valence-electron chi connectivity index (χ1n) is 7.17. The summed E-state index contributed by atoms with van der Waals surface area (Å²) >= 11 is 0. The van der Waals surface area contributed by atoms with Gasteiger partial charge >= 0.3 is 0 Å². The number of ketones is 1. The molecule has 1 aliphatic carbocycles. The van der Waals surface area contributed by atoms with E-state index < -0.39 is 0 Å². The standard InChI is InChI=1S/C17H19NO3/c1-12(19)17-15(6-3-7-16(17)20-2)18(13-8-9-13)11-14-5-4-10-21-14/h3-7,10,13H,8-9,11H2,1-2H3. The second-order valence-corrected chi connectivity index (χ2v) is 5.35. The Morgan fingerprint density at radius 3 is 2.71 bits per heavy atom. The number of carbonyl (C=O) groups is 1. The maximum atomic E-state index is 12.1. The fourth-order valence-corrected chi connectivity index (χ4v) is 2.65. The van der Waals surface area contributed by atoms with Crippen LogP contribution in [0.2, 0.25) is 0 Å². The quantitative estimate of drug-likeness (QED) is 0.760. The number of carbonyl (C=O) groups excluding carboxylic acids is 1. The van der Waals surface area contributed by atoms with Gasteiger partial charge in [0.15, 0.2) is 5.78 Å². The van der Waals surface area contributed by atoms with Gasteiger partial charge in [0.05, 0.1) is 31.2 Å². The van der Waals surface area contributed by atoms with Crippen molar-refractivity contribution in [3.05, 3.63) is 47.9 Å². The Balaban J connectivity index is 2.01. The molecule has 1 fully saturated rings. The van der Waals surface area contributed by atoms with E-state index in [0.29, 0.717) is 23.9 Å². The molecular weight excluding hydrogens is 266 g/mol. The third kappa shape index (κ3) is 2.79. The van der Waals surface area contributed by atoms with Gasteiger partial charge in [-0.05, 0) is 44.0 Å². The highest BCUT2D eigenvalue weighted by atomic mass is 16.5. The molecule has 0 bridgehead atoms. The van der Waals surface area contributed by atoms with Crippen molar-refractivity contribution < 1.29 is 13.9 Å². The first kappa shape index (κ1) is 13.7. The highest BCUT2D eigenvalue weighted by Gasteiger charge is 2.32. The Morgan fingerprint density at radius 2 is 2.14 bits per heavy atom. The number of rotatable bonds is 6. The summed E-state index contributed by atoms with van der Waals surface area (Å²) in [6, 6.07) is 10.1. The lowest BCUT2D eigenvalue weighted by Gasteiger charge is -2.26. The largest absolute Gasteiger partial charge is 0.496 e. The zero-order valence-electron chi connectivity index (χ0n) is 12.3. The number of nitrogens with zero attached hydrogens (tertiary/aromatic N) is 1. The Bertz CT molecular complexity index is 629.